The summed E-state index contributed by atoms with van der Waals surface area (Å²) in [6, 6.07) is 11.1. The summed E-state index contributed by atoms with van der Waals surface area (Å²) in [4.78, 5) is 11.5. The van der Waals surface area contributed by atoms with E-state index >= 15 is 0 Å². The average Bonchev–Trinajstić information content (AvgIpc) is 3.01. The van der Waals surface area contributed by atoms with Crippen LogP contribution in [0.1, 0.15) is 12.7 Å². The Morgan fingerprint density at radius 1 is 1.39 bits per heavy atom. The Kier molecular flexibility index (Phi) is 5.15. The molecule has 0 bridgehead atoms. The minimum absolute atomic E-state index is 0.0921. The first-order valence-corrected chi connectivity index (χ1v) is 6.70. The van der Waals surface area contributed by atoms with Crippen LogP contribution in [-0.2, 0) is 9.53 Å². The van der Waals surface area contributed by atoms with Crippen LogP contribution < -0.4 is 5.23 Å². The van der Waals surface area contributed by atoms with E-state index in [4.69, 9.17) is 19.6 Å². The maximum absolute atomic E-state index is 11.5. The molecule has 0 aliphatic rings. The quantitative estimate of drug-likeness (QED) is 0.391. The molecule has 1 aromatic carbocycles. The van der Waals surface area contributed by atoms with E-state index in [0.29, 0.717) is 17.1 Å². The average molecular weight is 313 g/mol. The van der Waals surface area contributed by atoms with E-state index in [1.54, 1.807) is 37.3 Å². The van der Waals surface area contributed by atoms with Gasteiger partial charge in [-0.2, -0.15) is 5.26 Å². The van der Waals surface area contributed by atoms with Crippen molar-refractivity contribution in [3.05, 3.63) is 52.9 Å². The SMILES string of the molecule is CCOC(=O)C(C#N)=Cc1ccc(-c2ccc(N([O-])O)cc2)o1. The molecular weight excluding hydrogens is 300 g/mol. The molecule has 23 heavy (non-hydrogen) atoms. The van der Waals surface area contributed by atoms with E-state index in [0.717, 1.165) is 0 Å². The lowest BCUT2D eigenvalue weighted by atomic mass is 10.1. The first kappa shape index (κ1) is 16.3. The van der Waals surface area contributed by atoms with Crippen molar-refractivity contribution < 1.29 is 19.2 Å². The molecule has 118 valence electrons. The molecule has 2 aromatic rings. The van der Waals surface area contributed by atoms with E-state index in [2.05, 4.69) is 0 Å². The van der Waals surface area contributed by atoms with Crippen LogP contribution in [0.25, 0.3) is 17.4 Å². The van der Waals surface area contributed by atoms with Crippen LogP contribution in [0.2, 0.25) is 0 Å². The molecule has 1 heterocycles. The predicted octanol–water partition coefficient (Wildman–Crippen LogP) is 3.11. The third-order valence-electron chi connectivity index (χ3n) is 2.90. The summed E-state index contributed by atoms with van der Waals surface area (Å²) in [5.74, 6) is 0.0939. The molecule has 7 nitrogen and oxygen atoms in total. The molecule has 7 heteroatoms. The summed E-state index contributed by atoms with van der Waals surface area (Å²) in [5.41, 5.74) is 0.602. The first-order valence-electron chi connectivity index (χ1n) is 6.70. The number of hydrogen-bond donors (Lipinski definition) is 1. The molecule has 0 fully saturated rings. The van der Waals surface area contributed by atoms with Gasteiger partial charge in [-0.25, -0.2) is 4.79 Å². The number of furan rings is 1. The highest BCUT2D eigenvalue weighted by Gasteiger charge is 2.11. The van der Waals surface area contributed by atoms with Crippen LogP contribution in [-0.4, -0.2) is 17.8 Å². The van der Waals surface area contributed by atoms with Crippen molar-refractivity contribution in [2.24, 2.45) is 0 Å². The molecule has 2 rings (SSSR count). The summed E-state index contributed by atoms with van der Waals surface area (Å²) in [6.45, 7) is 1.83. The largest absolute Gasteiger partial charge is 0.733 e. The molecule has 1 aromatic heterocycles. The number of rotatable bonds is 5. The van der Waals surface area contributed by atoms with Crippen molar-refractivity contribution in [2.45, 2.75) is 6.92 Å². The van der Waals surface area contributed by atoms with Gasteiger partial charge in [0.2, 0.25) is 0 Å². The fourth-order valence-corrected chi connectivity index (χ4v) is 1.83. The Labute approximate surface area is 132 Å². The lowest BCUT2D eigenvalue weighted by Gasteiger charge is -2.21. The van der Waals surface area contributed by atoms with E-state index in [-0.39, 0.29) is 23.1 Å². The number of anilines is 1. The van der Waals surface area contributed by atoms with E-state index < -0.39 is 5.97 Å². The minimum Gasteiger partial charge on any atom is -0.733 e. The number of nitrogens with zero attached hydrogens (tertiary/aromatic N) is 2. The first-order chi connectivity index (χ1) is 11.0. The fraction of sp³-hybridized carbons (Fsp3) is 0.125. The van der Waals surface area contributed by atoms with Crippen molar-refractivity contribution in [3.63, 3.8) is 0 Å². The molecule has 0 unspecified atom stereocenters. The highest BCUT2D eigenvalue weighted by molar-refractivity contribution is 5.97. The molecule has 0 atom stereocenters. The second-order valence-electron chi connectivity index (χ2n) is 4.41. The highest BCUT2D eigenvalue weighted by Crippen LogP contribution is 2.25. The van der Waals surface area contributed by atoms with Gasteiger partial charge in [0.15, 0.2) is 0 Å². The standard InChI is InChI=1S/C16H13N2O5/c1-2-22-16(19)12(10-17)9-14-7-8-15(23-14)11-3-5-13(6-4-11)18(20)21/h3-9,20H,2H2,1H3/q-1. The lowest BCUT2D eigenvalue weighted by molar-refractivity contribution is -0.137. The molecule has 0 aliphatic carbocycles. The summed E-state index contributed by atoms with van der Waals surface area (Å²) in [6.07, 6.45) is 1.29. The summed E-state index contributed by atoms with van der Waals surface area (Å²) < 4.78 is 10.3. The Morgan fingerprint density at radius 3 is 2.65 bits per heavy atom. The molecule has 1 N–H and O–H groups in total. The lowest BCUT2D eigenvalue weighted by Crippen LogP contribution is -2.06. The van der Waals surface area contributed by atoms with Crippen molar-refractivity contribution in [1.82, 2.24) is 0 Å². The predicted molar refractivity (Wildman–Crippen MR) is 82.0 cm³/mol. The van der Waals surface area contributed by atoms with Crippen LogP contribution in [0.5, 0.6) is 0 Å². The van der Waals surface area contributed by atoms with Gasteiger partial charge in [-0.15, -0.1) is 0 Å². The highest BCUT2D eigenvalue weighted by atomic mass is 16.8. The zero-order valence-corrected chi connectivity index (χ0v) is 12.2. The summed E-state index contributed by atoms with van der Waals surface area (Å²) in [7, 11) is 0. The Morgan fingerprint density at radius 2 is 2.09 bits per heavy atom. The molecular formula is C16H13N2O5-. The Bertz CT molecular complexity index is 754. The van der Waals surface area contributed by atoms with Gasteiger partial charge in [0.1, 0.15) is 23.2 Å². The van der Waals surface area contributed by atoms with Gasteiger partial charge in [0, 0.05) is 11.6 Å². The van der Waals surface area contributed by atoms with Gasteiger partial charge in [0.05, 0.1) is 12.3 Å². The van der Waals surface area contributed by atoms with Crippen molar-refractivity contribution in [3.8, 4) is 17.4 Å². The molecule has 0 amide bonds. The van der Waals surface area contributed by atoms with Crippen molar-refractivity contribution in [2.75, 3.05) is 11.8 Å². The number of carbonyl (C=O) groups excluding carboxylic acids is 1. The second-order valence-corrected chi connectivity index (χ2v) is 4.41. The summed E-state index contributed by atoms with van der Waals surface area (Å²) >= 11 is 0. The van der Waals surface area contributed by atoms with Crippen molar-refractivity contribution >= 4 is 17.7 Å². The molecule has 0 saturated carbocycles. The van der Waals surface area contributed by atoms with Crippen LogP contribution in [0.15, 0.2) is 46.4 Å². The fourth-order valence-electron chi connectivity index (χ4n) is 1.83. The third kappa shape index (κ3) is 3.97. The van der Waals surface area contributed by atoms with Crippen LogP contribution >= 0.6 is 0 Å². The van der Waals surface area contributed by atoms with E-state index in [1.807, 2.05) is 0 Å². The van der Waals surface area contributed by atoms with Gasteiger partial charge in [-0.1, -0.05) is 0 Å². The Hall–Kier alpha value is -3.08. The number of benzene rings is 1. The van der Waals surface area contributed by atoms with Crippen molar-refractivity contribution in [1.29, 1.82) is 5.26 Å². The number of ether oxygens (including phenoxy) is 1. The monoisotopic (exact) mass is 313 g/mol. The van der Waals surface area contributed by atoms with Crippen LogP contribution in [0, 0.1) is 16.5 Å². The molecule has 0 saturated heterocycles. The minimum atomic E-state index is -0.712. The maximum atomic E-state index is 11.5. The number of hydrogen-bond acceptors (Lipinski definition) is 7. The van der Waals surface area contributed by atoms with E-state index in [9.17, 15) is 10.0 Å². The second kappa shape index (κ2) is 7.26. The normalized spacial score (nSPS) is 11.0. The van der Waals surface area contributed by atoms with Gasteiger partial charge in [-0.05, 0) is 43.3 Å². The molecule has 0 radical (unpaired) electrons. The van der Waals surface area contributed by atoms with E-state index in [1.165, 1.54) is 18.2 Å². The van der Waals surface area contributed by atoms with Gasteiger partial charge in [0.25, 0.3) is 0 Å². The zero-order chi connectivity index (χ0) is 16.8. The van der Waals surface area contributed by atoms with Crippen LogP contribution in [0.3, 0.4) is 0 Å². The van der Waals surface area contributed by atoms with Gasteiger partial charge in [-0.3, -0.25) is 5.21 Å². The molecule has 0 aliphatic heterocycles. The smallest absolute Gasteiger partial charge is 0.349 e. The number of carbonyl (C=O) groups is 1. The zero-order valence-electron chi connectivity index (χ0n) is 12.2. The third-order valence-corrected chi connectivity index (χ3v) is 2.90. The van der Waals surface area contributed by atoms with Crippen LogP contribution in [0.4, 0.5) is 5.69 Å². The van der Waals surface area contributed by atoms with Gasteiger partial charge < -0.3 is 19.6 Å². The maximum Gasteiger partial charge on any atom is 0.349 e. The van der Waals surface area contributed by atoms with Gasteiger partial charge >= 0.3 is 5.97 Å². The number of esters is 1. The molecule has 0 spiro atoms. The topological polar surface area (TPSA) is 110 Å². The number of nitriles is 1. The summed E-state index contributed by atoms with van der Waals surface area (Å²) in [5, 5.41) is 28.3. The Balaban J connectivity index is 2.23.